The zero-order valence-corrected chi connectivity index (χ0v) is 14.7. The van der Waals surface area contributed by atoms with Gasteiger partial charge in [0.25, 0.3) is 5.91 Å². The highest BCUT2D eigenvalue weighted by molar-refractivity contribution is 7.14. The van der Waals surface area contributed by atoms with E-state index in [0.717, 1.165) is 43.1 Å². The highest BCUT2D eigenvalue weighted by Gasteiger charge is 2.30. The van der Waals surface area contributed by atoms with Gasteiger partial charge in [0.05, 0.1) is 11.0 Å². The first-order valence-corrected chi connectivity index (χ1v) is 9.26. The third-order valence-electron chi connectivity index (χ3n) is 5.05. The first-order valence-electron chi connectivity index (χ1n) is 8.45. The van der Waals surface area contributed by atoms with E-state index in [4.69, 9.17) is 4.74 Å². The monoisotopic (exact) mass is 321 g/mol. The van der Waals surface area contributed by atoms with E-state index in [1.807, 2.05) is 0 Å². The lowest BCUT2D eigenvalue weighted by molar-refractivity contribution is 0.0861. The van der Waals surface area contributed by atoms with Gasteiger partial charge in [0.1, 0.15) is 0 Å². The van der Waals surface area contributed by atoms with Crippen molar-refractivity contribution < 1.29 is 9.53 Å². The Morgan fingerprint density at radius 1 is 1.41 bits per heavy atom. The second kappa shape index (κ2) is 6.32. The number of aryl methyl sites for hydroxylation is 1. The average molecular weight is 321 g/mol. The van der Waals surface area contributed by atoms with Crippen LogP contribution in [0.25, 0.3) is 0 Å². The molecule has 1 aromatic heterocycles. The van der Waals surface area contributed by atoms with Crippen molar-refractivity contribution in [2.45, 2.75) is 59.0 Å². The van der Waals surface area contributed by atoms with Crippen LogP contribution in [-0.4, -0.2) is 25.2 Å². The second-order valence-electron chi connectivity index (χ2n) is 7.71. The van der Waals surface area contributed by atoms with Gasteiger partial charge in [-0.1, -0.05) is 20.8 Å². The van der Waals surface area contributed by atoms with Crippen molar-refractivity contribution >= 4 is 17.2 Å². The Kier molecular flexibility index (Phi) is 4.60. The summed E-state index contributed by atoms with van der Waals surface area (Å²) in [5.74, 6) is 0.791. The SMILES string of the molecule is CC(C)(C)C1CCc2sc(C(=O)NCC3CCCO3)cc2C1. The number of hydrogen-bond acceptors (Lipinski definition) is 3. The predicted molar refractivity (Wildman–Crippen MR) is 90.6 cm³/mol. The molecule has 1 saturated heterocycles. The number of ether oxygens (including phenoxy) is 1. The molecule has 2 aliphatic rings. The van der Waals surface area contributed by atoms with Gasteiger partial charge in [-0.2, -0.15) is 0 Å². The minimum atomic E-state index is 0.0715. The largest absolute Gasteiger partial charge is 0.376 e. The maximum absolute atomic E-state index is 12.3. The fraction of sp³-hybridized carbons (Fsp3) is 0.722. The summed E-state index contributed by atoms with van der Waals surface area (Å²) >= 11 is 1.69. The summed E-state index contributed by atoms with van der Waals surface area (Å²) in [7, 11) is 0. The molecule has 3 rings (SSSR count). The van der Waals surface area contributed by atoms with Gasteiger partial charge in [-0.25, -0.2) is 0 Å². The zero-order chi connectivity index (χ0) is 15.7. The predicted octanol–water partition coefficient (Wildman–Crippen LogP) is 3.81. The Labute approximate surface area is 137 Å². The van der Waals surface area contributed by atoms with Crippen molar-refractivity contribution in [3.63, 3.8) is 0 Å². The summed E-state index contributed by atoms with van der Waals surface area (Å²) in [6.45, 7) is 8.45. The molecule has 2 heterocycles. The topological polar surface area (TPSA) is 38.3 Å². The van der Waals surface area contributed by atoms with E-state index in [-0.39, 0.29) is 12.0 Å². The summed E-state index contributed by atoms with van der Waals surface area (Å²) in [6, 6.07) is 2.13. The van der Waals surface area contributed by atoms with E-state index in [1.54, 1.807) is 11.3 Å². The van der Waals surface area contributed by atoms with Gasteiger partial charge in [-0.15, -0.1) is 11.3 Å². The molecule has 1 aliphatic carbocycles. The van der Waals surface area contributed by atoms with Crippen LogP contribution in [0.15, 0.2) is 6.07 Å². The fourth-order valence-electron chi connectivity index (χ4n) is 3.47. The van der Waals surface area contributed by atoms with E-state index >= 15 is 0 Å². The van der Waals surface area contributed by atoms with Crippen LogP contribution in [0.1, 0.15) is 60.1 Å². The quantitative estimate of drug-likeness (QED) is 0.919. The Bertz CT molecular complexity index is 538. The van der Waals surface area contributed by atoms with Gasteiger partial charge in [-0.05, 0) is 55.1 Å². The summed E-state index contributed by atoms with van der Waals surface area (Å²) in [6.07, 6.45) is 5.88. The Morgan fingerprint density at radius 2 is 2.23 bits per heavy atom. The molecule has 2 atom stereocenters. The van der Waals surface area contributed by atoms with E-state index in [2.05, 4.69) is 32.2 Å². The third kappa shape index (κ3) is 3.54. The van der Waals surface area contributed by atoms with Gasteiger partial charge in [0.15, 0.2) is 0 Å². The number of fused-ring (bicyclic) bond motifs is 1. The van der Waals surface area contributed by atoms with Crippen molar-refractivity contribution in [1.29, 1.82) is 0 Å². The molecular formula is C18H27NO2S. The second-order valence-corrected chi connectivity index (χ2v) is 8.85. The Balaban J connectivity index is 1.62. The molecule has 4 heteroatoms. The molecule has 1 N–H and O–H groups in total. The van der Waals surface area contributed by atoms with Crippen LogP contribution in [-0.2, 0) is 17.6 Å². The summed E-state index contributed by atoms with van der Waals surface area (Å²) in [5, 5.41) is 3.04. The van der Waals surface area contributed by atoms with Gasteiger partial charge < -0.3 is 10.1 Å². The van der Waals surface area contributed by atoms with Crippen LogP contribution in [0.2, 0.25) is 0 Å². The normalized spacial score (nSPS) is 25.0. The fourth-order valence-corrected chi connectivity index (χ4v) is 4.60. The molecule has 2 unspecified atom stereocenters. The number of carbonyl (C=O) groups excluding carboxylic acids is 1. The minimum absolute atomic E-state index is 0.0715. The van der Waals surface area contributed by atoms with Crippen LogP contribution >= 0.6 is 11.3 Å². The van der Waals surface area contributed by atoms with Gasteiger partial charge in [0.2, 0.25) is 0 Å². The van der Waals surface area contributed by atoms with E-state index < -0.39 is 0 Å². The zero-order valence-electron chi connectivity index (χ0n) is 13.9. The lowest BCUT2D eigenvalue weighted by Gasteiger charge is -2.33. The van der Waals surface area contributed by atoms with Crippen LogP contribution in [0.3, 0.4) is 0 Å². The Morgan fingerprint density at radius 3 is 2.91 bits per heavy atom. The molecule has 0 aromatic carbocycles. The van der Waals surface area contributed by atoms with Crippen molar-refractivity contribution in [3.05, 3.63) is 21.4 Å². The van der Waals surface area contributed by atoms with Crippen molar-refractivity contribution in [1.82, 2.24) is 5.32 Å². The molecule has 1 aromatic rings. The van der Waals surface area contributed by atoms with E-state index in [1.165, 1.54) is 16.9 Å². The first kappa shape index (κ1) is 16.0. The molecule has 1 aliphatic heterocycles. The molecule has 122 valence electrons. The highest BCUT2D eigenvalue weighted by atomic mass is 32.1. The lowest BCUT2D eigenvalue weighted by atomic mass is 9.72. The van der Waals surface area contributed by atoms with Crippen molar-refractivity contribution in [2.24, 2.45) is 11.3 Å². The molecule has 0 radical (unpaired) electrons. The third-order valence-corrected chi connectivity index (χ3v) is 6.28. The van der Waals surface area contributed by atoms with E-state index in [0.29, 0.717) is 12.0 Å². The number of amides is 1. The smallest absolute Gasteiger partial charge is 0.261 e. The number of carbonyl (C=O) groups is 1. The summed E-state index contributed by atoms with van der Waals surface area (Å²) in [4.78, 5) is 14.6. The van der Waals surface area contributed by atoms with Gasteiger partial charge in [0, 0.05) is 18.0 Å². The molecular weight excluding hydrogens is 294 g/mol. The van der Waals surface area contributed by atoms with Crippen LogP contribution in [0.5, 0.6) is 0 Å². The number of nitrogens with one attached hydrogen (secondary N) is 1. The molecule has 0 spiro atoms. The molecule has 3 nitrogen and oxygen atoms in total. The van der Waals surface area contributed by atoms with Gasteiger partial charge >= 0.3 is 0 Å². The maximum atomic E-state index is 12.3. The Hall–Kier alpha value is -0.870. The van der Waals surface area contributed by atoms with Crippen LogP contribution in [0.4, 0.5) is 0 Å². The molecule has 1 fully saturated rings. The number of rotatable bonds is 3. The molecule has 0 saturated carbocycles. The van der Waals surface area contributed by atoms with Gasteiger partial charge in [-0.3, -0.25) is 4.79 Å². The van der Waals surface area contributed by atoms with Crippen molar-refractivity contribution in [3.8, 4) is 0 Å². The average Bonchev–Trinajstić information content (AvgIpc) is 3.11. The maximum Gasteiger partial charge on any atom is 0.261 e. The molecule has 22 heavy (non-hydrogen) atoms. The highest BCUT2D eigenvalue weighted by Crippen LogP contribution is 2.40. The van der Waals surface area contributed by atoms with Crippen LogP contribution < -0.4 is 5.32 Å². The van der Waals surface area contributed by atoms with Crippen molar-refractivity contribution in [2.75, 3.05) is 13.2 Å². The molecule has 1 amide bonds. The number of thiophene rings is 1. The van der Waals surface area contributed by atoms with E-state index in [9.17, 15) is 4.79 Å². The summed E-state index contributed by atoms with van der Waals surface area (Å²) < 4.78 is 5.56. The first-order chi connectivity index (χ1) is 10.4. The summed E-state index contributed by atoms with van der Waals surface area (Å²) in [5.41, 5.74) is 1.75. The molecule has 0 bridgehead atoms. The standard InChI is InChI=1S/C18H27NO2S/c1-18(2,3)13-6-7-15-12(9-13)10-16(22-15)17(20)19-11-14-5-4-8-21-14/h10,13-14H,4-9,11H2,1-3H3,(H,19,20). The van der Waals surface area contributed by atoms with Crippen LogP contribution in [0, 0.1) is 11.3 Å². The lowest BCUT2D eigenvalue weighted by Crippen LogP contribution is -2.31. The minimum Gasteiger partial charge on any atom is -0.376 e. The number of hydrogen-bond donors (Lipinski definition) is 1.